The fourth-order valence-corrected chi connectivity index (χ4v) is 2.07. The lowest BCUT2D eigenvalue weighted by molar-refractivity contribution is -0.137. The zero-order chi connectivity index (χ0) is 13.4. The Morgan fingerprint density at radius 2 is 2.33 bits per heavy atom. The summed E-state index contributed by atoms with van der Waals surface area (Å²) in [4.78, 5) is 22.4. The van der Waals surface area contributed by atoms with E-state index in [9.17, 15) is 9.59 Å². The van der Waals surface area contributed by atoms with Crippen LogP contribution in [0.3, 0.4) is 0 Å². The molecule has 1 N–H and O–H groups in total. The van der Waals surface area contributed by atoms with Gasteiger partial charge >= 0.3 is 11.7 Å². The standard InChI is InChI=1S/C11H17N3O3S/c1-3-7-14-10(16)12-13-11(14)18-8-5-6-9(15)17-4-2/h5-6H,3-4,7-8H2,1-2H3,(H,12,16)/b6-5+. The first-order valence-corrected chi connectivity index (χ1v) is 6.78. The molecular weight excluding hydrogens is 254 g/mol. The molecule has 0 spiro atoms. The fraction of sp³-hybridized carbons (Fsp3) is 0.545. The smallest absolute Gasteiger partial charge is 0.343 e. The molecule has 100 valence electrons. The lowest BCUT2D eigenvalue weighted by Gasteiger charge is -2.01. The summed E-state index contributed by atoms with van der Waals surface area (Å²) in [6.07, 6.45) is 3.94. The number of aromatic nitrogens is 3. The number of carbonyl (C=O) groups excluding carboxylic acids is 1. The molecule has 0 aliphatic rings. The van der Waals surface area contributed by atoms with Gasteiger partial charge in [-0.1, -0.05) is 24.8 Å². The molecule has 0 fully saturated rings. The molecule has 0 aromatic carbocycles. The summed E-state index contributed by atoms with van der Waals surface area (Å²) in [5.74, 6) is 0.207. The molecule has 0 aliphatic heterocycles. The summed E-state index contributed by atoms with van der Waals surface area (Å²) >= 11 is 1.39. The van der Waals surface area contributed by atoms with E-state index >= 15 is 0 Å². The third-order valence-corrected chi connectivity index (χ3v) is 2.95. The minimum absolute atomic E-state index is 0.200. The van der Waals surface area contributed by atoms with Crippen molar-refractivity contribution in [2.45, 2.75) is 32.0 Å². The lowest BCUT2D eigenvalue weighted by Crippen LogP contribution is -2.17. The molecule has 0 aliphatic carbocycles. The number of esters is 1. The van der Waals surface area contributed by atoms with E-state index in [0.717, 1.165) is 6.42 Å². The van der Waals surface area contributed by atoms with Crippen molar-refractivity contribution >= 4 is 17.7 Å². The zero-order valence-electron chi connectivity index (χ0n) is 10.5. The number of aromatic amines is 1. The molecule has 0 saturated carbocycles. The van der Waals surface area contributed by atoms with Gasteiger partial charge in [-0.05, 0) is 13.3 Å². The van der Waals surface area contributed by atoms with Gasteiger partial charge in [-0.3, -0.25) is 4.57 Å². The van der Waals surface area contributed by atoms with E-state index in [1.54, 1.807) is 17.6 Å². The van der Waals surface area contributed by atoms with Crippen molar-refractivity contribution in [3.63, 3.8) is 0 Å². The highest BCUT2D eigenvalue weighted by Crippen LogP contribution is 2.13. The molecule has 1 heterocycles. The van der Waals surface area contributed by atoms with Crippen LogP contribution in [0.1, 0.15) is 20.3 Å². The van der Waals surface area contributed by atoms with Crippen LogP contribution in [-0.4, -0.2) is 33.1 Å². The number of hydrogen-bond acceptors (Lipinski definition) is 5. The third-order valence-electron chi connectivity index (χ3n) is 2.02. The van der Waals surface area contributed by atoms with Gasteiger partial charge in [0.15, 0.2) is 5.16 Å². The quantitative estimate of drug-likeness (QED) is 0.458. The summed E-state index contributed by atoms with van der Waals surface area (Å²) in [6, 6.07) is 0. The Kier molecular flexibility index (Phi) is 6.27. The second-order valence-electron chi connectivity index (χ2n) is 3.43. The van der Waals surface area contributed by atoms with Gasteiger partial charge in [0.1, 0.15) is 0 Å². The topological polar surface area (TPSA) is 77.0 Å². The Morgan fingerprint density at radius 1 is 1.56 bits per heavy atom. The first kappa shape index (κ1) is 14.6. The van der Waals surface area contributed by atoms with Crippen LogP contribution in [0.2, 0.25) is 0 Å². The average Bonchev–Trinajstić information content (AvgIpc) is 2.68. The molecule has 0 saturated heterocycles. The van der Waals surface area contributed by atoms with Crippen molar-refractivity contribution in [2.75, 3.05) is 12.4 Å². The SMILES string of the molecule is CCCn1c(SC/C=C/C(=O)OCC)n[nH]c1=O. The molecule has 1 rings (SSSR count). The molecule has 6 nitrogen and oxygen atoms in total. The van der Waals surface area contributed by atoms with Gasteiger partial charge in [0.25, 0.3) is 0 Å². The molecule has 1 aromatic rings. The second kappa shape index (κ2) is 7.75. The second-order valence-corrected chi connectivity index (χ2v) is 4.42. The van der Waals surface area contributed by atoms with E-state index in [0.29, 0.717) is 24.1 Å². The van der Waals surface area contributed by atoms with Crippen LogP contribution in [0.15, 0.2) is 22.1 Å². The monoisotopic (exact) mass is 271 g/mol. The largest absolute Gasteiger partial charge is 0.463 e. The van der Waals surface area contributed by atoms with Crippen molar-refractivity contribution in [1.29, 1.82) is 0 Å². The van der Waals surface area contributed by atoms with Crippen LogP contribution < -0.4 is 5.69 Å². The highest BCUT2D eigenvalue weighted by molar-refractivity contribution is 7.99. The van der Waals surface area contributed by atoms with Crippen molar-refractivity contribution in [2.24, 2.45) is 0 Å². The van der Waals surface area contributed by atoms with E-state index < -0.39 is 0 Å². The fourth-order valence-electron chi connectivity index (χ4n) is 1.29. The number of hydrogen-bond donors (Lipinski definition) is 1. The Labute approximate surface area is 109 Å². The summed E-state index contributed by atoms with van der Waals surface area (Å²) in [5, 5.41) is 6.97. The molecule has 0 unspecified atom stereocenters. The normalized spacial score (nSPS) is 11.0. The van der Waals surface area contributed by atoms with Crippen molar-refractivity contribution in [3.8, 4) is 0 Å². The Balaban J connectivity index is 2.49. The van der Waals surface area contributed by atoms with Crippen LogP contribution in [0.25, 0.3) is 0 Å². The van der Waals surface area contributed by atoms with Crippen LogP contribution in [0, 0.1) is 0 Å². The molecule has 0 bridgehead atoms. The van der Waals surface area contributed by atoms with Gasteiger partial charge in [0, 0.05) is 18.4 Å². The first-order chi connectivity index (χ1) is 8.69. The molecule has 0 amide bonds. The lowest BCUT2D eigenvalue weighted by atomic mass is 10.5. The number of rotatable bonds is 7. The number of ether oxygens (including phenoxy) is 1. The number of thioether (sulfide) groups is 1. The minimum atomic E-state index is -0.355. The maximum Gasteiger partial charge on any atom is 0.343 e. The molecule has 0 radical (unpaired) electrons. The van der Waals surface area contributed by atoms with Crippen LogP contribution in [0.4, 0.5) is 0 Å². The van der Waals surface area contributed by atoms with Gasteiger partial charge < -0.3 is 4.74 Å². The Morgan fingerprint density at radius 3 is 3.00 bits per heavy atom. The van der Waals surface area contributed by atoms with Gasteiger partial charge in [-0.25, -0.2) is 14.7 Å². The number of carbonyl (C=O) groups is 1. The van der Waals surface area contributed by atoms with E-state index in [1.165, 1.54) is 17.8 Å². The molecular formula is C11H17N3O3S. The van der Waals surface area contributed by atoms with Crippen LogP contribution >= 0.6 is 11.8 Å². The highest BCUT2D eigenvalue weighted by atomic mass is 32.2. The van der Waals surface area contributed by atoms with Crippen LogP contribution in [-0.2, 0) is 16.1 Å². The minimum Gasteiger partial charge on any atom is -0.463 e. The van der Waals surface area contributed by atoms with Crippen molar-refractivity contribution < 1.29 is 9.53 Å². The summed E-state index contributed by atoms with van der Waals surface area (Å²) in [6.45, 7) is 4.76. The van der Waals surface area contributed by atoms with E-state index in [4.69, 9.17) is 4.74 Å². The predicted molar refractivity (Wildman–Crippen MR) is 69.6 cm³/mol. The zero-order valence-corrected chi connectivity index (χ0v) is 11.3. The average molecular weight is 271 g/mol. The summed E-state index contributed by atoms with van der Waals surface area (Å²) in [7, 11) is 0. The van der Waals surface area contributed by atoms with Crippen molar-refractivity contribution in [3.05, 3.63) is 22.6 Å². The van der Waals surface area contributed by atoms with E-state index in [-0.39, 0.29) is 11.7 Å². The molecule has 18 heavy (non-hydrogen) atoms. The first-order valence-electron chi connectivity index (χ1n) is 5.80. The van der Waals surface area contributed by atoms with E-state index in [2.05, 4.69) is 10.2 Å². The van der Waals surface area contributed by atoms with Gasteiger partial charge in [0.05, 0.1) is 6.61 Å². The molecule has 7 heteroatoms. The maximum absolute atomic E-state index is 11.4. The highest BCUT2D eigenvalue weighted by Gasteiger charge is 2.06. The number of nitrogens with one attached hydrogen (secondary N) is 1. The van der Waals surface area contributed by atoms with Crippen molar-refractivity contribution in [1.82, 2.24) is 14.8 Å². The molecule has 1 aromatic heterocycles. The number of H-pyrrole nitrogens is 1. The van der Waals surface area contributed by atoms with Gasteiger partial charge in [0.2, 0.25) is 0 Å². The summed E-state index contributed by atoms with van der Waals surface area (Å²) < 4.78 is 6.33. The third kappa shape index (κ3) is 4.40. The molecule has 0 atom stereocenters. The summed E-state index contributed by atoms with van der Waals surface area (Å²) in [5.41, 5.74) is -0.200. The van der Waals surface area contributed by atoms with Gasteiger partial charge in [-0.2, -0.15) is 0 Å². The maximum atomic E-state index is 11.4. The predicted octanol–water partition coefficient (Wildman–Crippen LogP) is 1.19. The number of nitrogens with zero attached hydrogens (tertiary/aromatic N) is 2. The Hall–Kier alpha value is -1.50. The van der Waals surface area contributed by atoms with Crippen LogP contribution in [0.5, 0.6) is 0 Å². The van der Waals surface area contributed by atoms with E-state index in [1.807, 2.05) is 6.92 Å². The Bertz CT molecular complexity index is 464. The van der Waals surface area contributed by atoms with Gasteiger partial charge in [-0.15, -0.1) is 5.10 Å².